The molecule has 0 fully saturated rings. The summed E-state index contributed by atoms with van der Waals surface area (Å²) in [4.78, 5) is 14.1. The van der Waals surface area contributed by atoms with Crippen LogP contribution in [0.5, 0.6) is 0 Å². The van der Waals surface area contributed by atoms with E-state index in [1.807, 2.05) is 6.92 Å². The standard InChI is InChI=1S/C15H32N2O2/c1-7-19-15(18)14(16-13(4)5)9-11-17(6)10-8-12(2)3/h12-14,16H,7-11H2,1-6H3. The van der Waals surface area contributed by atoms with Gasteiger partial charge in [0.25, 0.3) is 0 Å². The minimum absolute atomic E-state index is 0.131. The molecule has 0 saturated heterocycles. The molecule has 114 valence electrons. The second-order valence-corrected chi connectivity index (χ2v) is 5.90. The lowest BCUT2D eigenvalue weighted by Gasteiger charge is -2.23. The Bertz CT molecular complexity index is 242. The van der Waals surface area contributed by atoms with Gasteiger partial charge in [-0.3, -0.25) is 4.79 Å². The van der Waals surface area contributed by atoms with Crippen LogP contribution in [0.1, 0.15) is 47.5 Å². The quantitative estimate of drug-likeness (QED) is 0.620. The van der Waals surface area contributed by atoms with Crippen LogP contribution in [0.15, 0.2) is 0 Å². The number of carbonyl (C=O) groups is 1. The van der Waals surface area contributed by atoms with Gasteiger partial charge in [-0.2, -0.15) is 0 Å². The van der Waals surface area contributed by atoms with E-state index in [9.17, 15) is 4.79 Å². The van der Waals surface area contributed by atoms with Crippen LogP contribution >= 0.6 is 0 Å². The molecular formula is C15H32N2O2. The Balaban J connectivity index is 4.13. The highest BCUT2D eigenvalue weighted by Gasteiger charge is 2.20. The maximum absolute atomic E-state index is 11.9. The lowest BCUT2D eigenvalue weighted by Crippen LogP contribution is -2.43. The molecule has 0 aromatic carbocycles. The predicted molar refractivity (Wildman–Crippen MR) is 80.3 cm³/mol. The van der Waals surface area contributed by atoms with Crippen LogP contribution in [0.2, 0.25) is 0 Å². The van der Waals surface area contributed by atoms with Crippen molar-refractivity contribution < 1.29 is 9.53 Å². The minimum Gasteiger partial charge on any atom is -0.465 e. The molecule has 0 rings (SSSR count). The Morgan fingerprint density at radius 3 is 2.21 bits per heavy atom. The first-order valence-corrected chi connectivity index (χ1v) is 7.48. The predicted octanol–water partition coefficient (Wildman–Crippen LogP) is 2.28. The highest BCUT2D eigenvalue weighted by atomic mass is 16.5. The Labute approximate surface area is 118 Å². The number of carbonyl (C=O) groups excluding carboxylic acids is 1. The fraction of sp³-hybridized carbons (Fsp3) is 0.933. The minimum atomic E-state index is -0.193. The number of ether oxygens (including phenoxy) is 1. The summed E-state index contributed by atoms with van der Waals surface area (Å²) in [5, 5.41) is 3.28. The molecule has 0 aromatic heterocycles. The fourth-order valence-electron chi connectivity index (χ4n) is 1.85. The van der Waals surface area contributed by atoms with Gasteiger partial charge in [0, 0.05) is 6.04 Å². The normalized spacial score (nSPS) is 13.3. The van der Waals surface area contributed by atoms with Crippen LogP contribution < -0.4 is 5.32 Å². The fourth-order valence-corrected chi connectivity index (χ4v) is 1.85. The molecule has 4 heteroatoms. The summed E-state index contributed by atoms with van der Waals surface area (Å²) in [6.45, 7) is 12.8. The molecule has 0 aromatic rings. The van der Waals surface area contributed by atoms with E-state index in [4.69, 9.17) is 4.74 Å². The zero-order chi connectivity index (χ0) is 14.8. The second-order valence-electron chi connectivity index (χ2n) is 5.90. The average molecular weight is 272 g/mol. The largest absolute Gasteiger partial charge is 0.465 e. The van der Waals surface area contributed by atoms with Gasteiger partial charge in [-0.15, -0.1) is 0 Å². The molecule has 1 unspecified atom stereocenters. The Kier molecular flexibility index (Phi) is 9.88. The SMILES string of the molecule is CCOC(=O)C(CCN(C)CCC(C)C)NC(C)C. The molecule has 0 amide bonds. The summed E-state index contributed by atoms with van der Waals surface area (Å²) >= 11 is 0. The number of esters is 1. The third-order valence-electron chi connectivity index (χ3n) is 2.99. The van der Waals surface area contributed by atoms with E-state index in [0.717, 1.165) is 25.4 Å². The zero-order valence-corrected chi connectivity index (χ0v) is 13.5. The average Bonchev–Trinajstić information content (AvgIpc) is 2.31. The number of nitrogens with one attached hydrogen (secondary N) is 1. The Morgan fingerprint density at radius 1 is 1.16 bits per heavy atom. The maximum atomic E-state index is 11.9. The molecule has 1 atom stereocenters. The van der Waals surface area contributed by atoms with Crippen LogP contribution in [-0.4, -0.2) is 49.7 Å². The molecule has 4 nitrogen and oxygen atoms in total. The molecule has 0 spiro atoms. The number of hydrogen-bond acceptors (Lipinski definition) is 4. The van der Waals surface area contributed by atoms with Crippen LogP contribution in [0, 0.1) is 5.92 Å². The van der Waals surface area contributed by atoms with Gasteiger partial charge >= 0.3 is 5.97 Å². The van der Waals surface area contributed by atoms with E-state index in [1.54, 1.807) is 0 Å². The van der Waals surface area contributed by atoms with Crippen molar-refractivity contribution in [2.75, 3.05) is 26.7 Å². The first kappa shape index (κ1) is 18.4. The van der Waals surface area contributed by atoms with Crippen LogP contribution in [0.4, 0.5) is 0 Å². The third kappa shape index (κ3) is 9.91. The molecule has 0 saturated carbocycles. The van der Waals surface area contributed by atoms with Crippen LogP contribution in [0.3, 0.4) is 0 Å². The van der Waals surface area contributed by atoms with Crippen molar-refractivity contribution in [1.82, 2.24) is 10.2 Å². The van der Waals surface area contributed by atoms with Gasteiger partial charge in [-0.1, -0.05) is 27.7 Å². The van der Waals surface area contributed by atoms with E-state index in [1.165, 1.54) is 6.42 Å². The summed E-state index contributed by atoms with van der Waals surface area (Å²) in [7, 11) is 2.11. The van der Waals surface area contributed by atoms with Crippen molar-refractivity contribution in [1.29, 1.82) is 0 Å². The van der Waals surface area contributed by atoms with Crippen molar-refractivity contribution in [3.63, 3.8) is 0 Å². The van der Waals surface area contributed by atoms with E-state index < -0.39 is 0 Å². The first-order chi connectivity index (χ1) is 8.86. The van der Waals surface area contributed by atoms with Gasteiger partial charge in [0.2, 0.25) is 0 Å². The molecular weight excluding hydrogens is 240 g/mol. The highest BCUT2D eigenvalue weighted by molar-refractivity contribution is 5.75. The zero-order valence-electron chi connectivity index (χ0n) is 13.5. The lowest BCUT2D eigenvalue weighted by atomic mass is 10.1. The summed E-state index contributed by atoms with van der Waals surface area (Å²) in [5.74, 6) is 0.588. The maximum Gasteiger partial charge on any atom is 0.323 e. The monoisotopic (exact) mass is 272 g/mol. The highest BCUT2D eigenvalue weighted by Crippen LogP contribution is 2.04. The van der Waals surface area contributed by atoms with Crippen LogP contribution in [0.25, 0.3) is 0 Å². The summed E-state index contributed by atoms with van der Waals surface area (Å²) in [6.07, 6.45) is 1.99. The number of hydrogen-bond donors (Lipinski definition) is 1. The smallest absolute Gasteiger partial charge is 0.323 e. The Morgan fingerprint density at radius 2 is 1.74 bits per heavy atom. The molecule has 0 radical (unpaired) electrons. The van der Waals surface area contributed by atoms with Gasteiger partial charge in [0.1, 0.15) is 6.04 Å². The molecule has 0 aliphatic heterocycles. The van der Waals surface area contributed by atoms with Gasteiger partial charge in [-0.25, -0.2) is 0 Å². The van der Waals surface area contributed by atoms with Crippen LogP contribution in [-0.2, 0) is 9.53 Å². The van der Waals surface area contributed by atoms with Gasteiger partial charge in [0.05, 0.1) is 6.61 Å². The van der Waals surface area contributed by atoms with Gasteiger partial charge < -0.3 is 15.0 Å². The summed E-state index contributed by atoms with van der Waals surface area (Å²) in [6, 6.07) is 0.0943. The van der Waals surface area contributed by atoms with E-state index >= 15 is 0 Å². The molecule has 0 bridgehead atoms. The van der Waals surface area contributed by atoms with Crippen molar-refractivity contribution in [3.8, 4) is 0 Å². The number of nitrogens with zero attached hydrogens (tertiary/aromatic N) is 1. The third-order valence-corrected chi connectivity index (χ3v) is 2.99. The number of rotatable bonds is 10. The van der Waals surface area contributed by atoms with Crippen molar-refractivity contribution in [2.24, 2.45) is 5.92 Å². The molecule has 0 aliphatic rings. The molecule has 19 heavy (non-hydrogen) atoms. The Hall–Kier alpha value is -0.610. The van der Waals surface area contributed by atoms with Crippen molar-refractivity contribution in [2.45, 2.75) is 59.5 Å². The first-order valence-electron chi connectivity index (χ1n) is 7.48. The molecule has 0 heterocycles. The summed E-state index contributed by atoms with van der Waals surface area (Å²) < 4.78 is 5.12. The van der Waals surface area contributed by atoms with Crippen molar-refractivity contribution >= 4 is 5.97 Å². The van der Waals surface area contributed by atoms with E-state index in [2.05, 4.69) is 45.0 Å². The van der Waals surface area contributed by atoms with Crippen molar-refractivity contribution in [3.05, 3.63) is 0 Å². The molecule has 0 aliphatic carbocycles. The van der Waals surface area contributed by atoms with Gasteiger partial charge in [-0.05, 0) is 45.8 Å². The lowest BCUT2D eigenvalue weighted by molar-refractivity contribution is -0.146. The van der Waals surface area contributed by atoms with E-state index in [-0.39, 0.29) is 18.1 Å². The van der Waals surface area contributed by atoms with Gasteiger partial charge in [0.15, 0.2) is 0 Å². The molecule has 1 N–H and O–H groups in total. The van der Waals surface area contributed by atoms with E-state index in [0.29, 0.717) is 6.61 Å². The second kappa shape index (κ2) is 10.2. The topological polar surface area (TPSA) is 41.6 Å². The summed E-state index contributed by atoms with van der Waals surface area (Å²) in [5.41, 5.74) is 0.